The van der Waals surface area contributed by atoms with E-state index in [2.05, 4.69) is 15.8 Å². The van der Waals surface area contributed by atoms with Gasteiger partial charge in [0.15, 0.2) is 0 Å². The maximum absolute atomic E-state index is 12.2. The zero-order valence-corrected chi connectivity index (χ0v) is 16.0. The zero-order valence-electron chi connectivity index (χ0n) is 16.0. The maximum atomic E-state index is 12.2. The number of nitro benzene ring substituents is 1. The van der Waals surface area contributed by atoms with E-state index in [0.717, 1.165) is 0 Å². The normalized spacial score (nSPS) is 11.6. The van der Waals surface area contributed by atoms with Crippen LogP contribution in [0.2, 0.25) is 0 Å². The Labute approximate surface area is 166 Å². The minimum absolute atomic E-state index is 0.130. The van der Waals surface area contributed by atoms with Crippen LogP contribution in [-0.2, 0) is 4.79 Å². The molecule has 0 radical (unpaired) electrons. The second kappa shape index (κ2) is 9.83. The average Bonchev–Trinajstić information content (AvgIpc) is 2.73. The number of benzene rings is 2. The standard InChI is InChI=1S/C19H20N4O6/c1-12(21-19(25)13-4-6-15(7-5-13)23(26)27)18(24)22-20-11-14-10-16(28-2)8-9-17(14)29-3/h4-12H,1-3H3,(H,21,25)(H,22,24)/b20-11+. The summed E-state index contributed by atoms with van der Waals surface area (Å²) in [6, 6.07) is 9.28. The lowest BCUT2D eigenvalue weighted by Crippen LogP contribution is -2.43. The summed E-state index contributed by atoms with van der Waals surface area (Å²) in [7, 11) is 3.04. The van der Waals surface area contributed by atoms with E-state index in [9.17, 15) is 19.7 Å². The first-order valence-electron chi connectivity index (χ1n) is 8.46. The molecule has 0 fully saturated rings. The molecular formula is C19H20N4O6. The van der Waals surface area contributed by atoms with Gasteiger partial charge in [0, 0.05) is 23.3 Å². The van der Waals surface area contributed by atoms with Crippen LogP contribution in [-0.4, -0.2) is 43.2 Å². The van der Waals surface area contributed by atoms with Crippen molar-refractivity contribution >= 4 is 23.7 Å². The number of nitrogens with one attached hydrogen (secondary N) is 2. The lowest BCUT2D eigenvalue weighted by molar-refractivity contribution is -0.384. The second-order valence-electron chi connectivity index (χ2n) is 5.84. The lowest BCUT2D eigenvalue weighted by atomic mass is 10.2. The van der Waals surface area contributed by atoms with E-state index in [1.807, 2.05) is 0 Å². The quantitative estimate of drug-likeness (QED) is 0.395. The van der Waals surface area contributed by atoms with Crippen molar-refractivity contribution in [2.45, 2.75) is 13.0 Å². The van der Waals surface area contributed by atoms with Gasteiger partial charge in [0.05, 0.1) is 25.4 Å². The molecule has 29 heavy (non-hydrogen) atoms. The van der Waals surface area contributed by atoms with E-state index in [1.54, 1.807) is 18.2 Å². The van der Waals surface area contributed by atoms with Gasteiger partial charge in [-0.3, -0.25) is 19.7 Å². The topological polar surface area (TPSA) is 132 Å². The number of carbonyl (C=O) groups excluding carboxylic acids is 2. The molecule has 1 atom stereocenters. The van der Waals surface area contributed by atoms with Gasteiger partial charge < -0.3 is 14.8 Å². The molecule has 0 aliphatic carbocycles. The fourth-order valence-corrected chi connectivity index (χ4v) is 2.28. The van der Waals surface area contributed by atoms with Crippen LogP contribution < -0.4 is 20.2 Å². The minimum Gasteiger partial charge on any atom is -0.497 e. The second-order valence-corrected chi connectivity index (χ2v) is 5.84. The molecule has 0 spiro atoms. The number of rotatable bonds is 8. The van der Waals surface area contributed by atoms with Crippen molar-refractivity contribution in [2.24, 2.45) is 5.10 Å². The number of ether oxygens (including phenoxy) is 2. The fourth-order valence-electron chi connectivity index (χ4n) is 2.28. The third-order valence-corrected chi connectivity index (χ3v) is 3.90. The highest BCUT2D eigenvalue weighted by Gasteiger charge is 2.17. The summed E-state index contributed by atoms with van der Waals surface area (Å²) in [5.74, 6) is 0.0602. The van der Waals surface area contributed by atoms with Gasteiger partial charge >= 0.3 is 0 Å². The van der Waals surface area contributed by atoms with Crippen LogP contribution in [0.1, 0.15) is 22.8 Å². The Kier molecular flexibility index (Phi) is 7.24. The summed E-state index contributed by atoms with van der Waals surface area (Å²) in [5, 5.41) is 17.0. The largest absolute Gasteiger partial charge is 0.497 e. The van der Waals surface area contributed by atoms with Crippen molar-refractivity contribution in [1.82, 2.24) is 10.7 Å². The number of carbonyl (C=O) groups is 2. The van der Waals surface area contributed by atoms with Crippen LogP contribution >= 0.6 is 0 Å². The van der Waals surface area contributed by atoms with Gasteiger partial charge in [0.1, 0.15) is 17.5 Å². The third kappa shape index (κ3) is 5.76. The first-order valence-corrected chi connectivity index (χ1v) is 8.46. The van der Waals surface area contributed by atoms with Crippen molar-refractivity contribution in [1.29, 1.82) is 0 Å². The Bertz CT molecular complexity index is 927. The highest BCUT2D eigenvalue weighted by atomic mass is 16.6. The first kappa shape index (κ1) is 21.4. The molecule has 2 aromatic rings. The van der Waals surface area contributed by atoms with Crippen molar-refractivity contribution < 1.29 is 24.0 Å². The molecule has 0 heterocycles. The monoisotopic (exact) mass is 400 g/mol. The minimum atomic E-state index is -0.887. The lowest BCUT2D eigenvalue weighted by Gasteiger charge is -2.12. The van der Waals surface area contributed by atoms with Crippen LogP contribution in [0.15, 0.2) is 47.6 Å². The van der Waals surface area contributed by atoms with Crippen molar-refractivity contribution in [3.8, 4) is 11.5 Å². The molecule has 1 unspecified atom stereocenters. The Hall–Kier alpha value is -3.95. The van der Waals surface area contributed by atoms with Gasteiger partial charge in [-0.2, -0.15) is 5.10 Å². The van der Waals surface area contributed by atoms with Crippen LogP contribution in [0.5, 0.6) is 11.5 Å². The van der Waals surface area contributed by atoms with Gasteiger partial charge in [-0.1, -0.05) is 0 Å². The number of non-ortho nitro benzene ring substituents is 1. The summed E-state index contributed by atoms with van der Waals surface area (Å²) in [5.41, 5.74) is 2.99. The molecule has 0 aliphatic rings. The number of hydrogen-bond acceptors (Lipinski definition) is 7. The van der Waals surface area contributed by atoms with Crippen molar-refractivity contribution in [3.63, 3.8) is 0 Å². The van der Waals surface area contributed by atoms with Crippen LogP contribution in [0.4, 0.5) is 5.69 Å². The van der Waals surface area contributed by atoms with E-state index >= 15 is 0 Å². The Morgan fingerprint density at radius 3 is 2.41 bits per heavy atom. The molecule has 0 saturated carbocycles. The van der Waals surface area contributed by atoms with E-state index in [1.165, 1.54) is 51.6 Å². The van der Waals surface area contributed by atoms with E-state index in [0.29, 0.717) is 17.1 Å². The zero-order chi connectivity index (χ0) is 21.4. The number of nitro groups is 1. The van der Waals surface area contributed by atoms with Crippen molar-refractivity contribution in [2.75, 3.05) is 14.2 Å². The summed E-state index contributed by atoms with van der Waals surface area (Å²) in [6.07, 6.45) is 1.39. The smallest absolute Gasteiger partial charge is 0.269 e. The predicted molar refractivity (Wildman–Crippen MR) is 105 cm³/mol. The number of amides is 2. The first-order chi connectivity index (χ1) is 13.8. The summed E-state index contributed by atoms with van der Waals surface area (Å²) in [6.45, 7) is 1.49. The van der Waals surface area contributed by atoms with Gasteiger partial charge in [-0.05, 0) is 37.3 Å². The molecule has 2 aromatic carbocycles. The molecule has 0 saturated heterocycles. The summed E-state index contributed by atoms with van der Waals surface area (Å²) in [4.78, 5) is 34.4. The molecular weight excluding hydrogens is 380 g/mol. The molecule has 2 amide bonds. The number of hydrazone groups is 1. The highest BCUT2D eigenvalue weighted by Crippen LogP contribution is 2.22. The number of nitrogens with zero attached hydrogens (tertiary/aromatic N) is 2. The molecule has 0 aromatic heterocycles. The molecule has 0 bridgehead atoms. The maximum Gasteiger partial charge on any atom is 0.269 e. The van der Waals surface area contributed by atoms with E-state index in [4.69, 9.17) is 9.47 Å². The molecule has 152 valence electrons. The Morgan fingerprint density at radius 2 is 1.83 bits per heavy atom. The molecule has 2 N–H and O–H groups in total. The SMILES string of the molecule is COc1ccc(OC)c(/C=N/NC(=O)C(C)NC(=O)c2ccc([N+](=O)[O-])cc2)c1. The van der Waals surface area contributed by atoms with Gasteiger partial charge in [-0.25, -0.2) is 5.43 Å². The van der Waals surface area contributed by atoms with Crippen LogP contribution in [0.25, 0.3) is 0 Å². The van der Waals surface area contributed by atoms with Gasteiger partial charge in [0.2, 0.25) is 0 Å². The van der Waals surface area contributed by atoms with Crippen LogP contribution in [0.3, 0.4) is 0 Å². The van der Waals surface area contributed by atoms with Crippen molar-refractivity contribution in [3.05, 3.63) is 63.7 Å². The van der Waals surface area contributed by atoms with Gasteiger partial charge in [-0.15, -0.1) is 0 Å². The highest BCUT2D eigenvalue weighted by molar-refractivity contribution is 5.97. The number of methoxy groups -OCH3 is 2. The van der Waals surface area contributed by atoms with Crippen LogP contribution in [0, 0.1) is 10.1 Å². The van der Waals surface area contributed by atoms with E-state index in [-0.39, 0.29) is 11.3 Å². The molecule has 10 nitrogen and oxygen atoms in total. The Morgan fingerprint density at radius 1 is 1.14 bits per heavy atom. The summed E-state index contributed by atoms with van der Waals surface area (Å²) >= 11 is 0. The summed E-state index contributed by atoms with van der Waals surface area (Å²) < 4.78 is 10.4. The molecule has 2 rings (SSSR count). The van der Waals surface area contributed by atoms with Gasteiger partial charge in [0.25, 0.3) is 17.5 Å². The predicted octanol–water partition coefficient (Wildman–Crippen LogP) is 1.88. The Balaban J connectivity index is 1.96. The fraction of sp³-hybridized carbons (Fsp3) is 0.211. The molecule has 0 aliphatic heterocycles. The molecule has 10 heteroatoms. The third-order valence-electron chi connectivity index (χ3n) is 3.90. The van der Waals surface area contributed by atoms with E-state index < -0.39 is 22.8 Å². The number of hydrogen-bond donors (Lipinski definition) is 2. The average molecular weight is 400 g/mol.